The maximum absolute atomic E-state index is 12.9. The van der Waals surface area contributed by atoms with Gasteiger partial charge in [-0.15, -0.1) is 0 Å². The number of aryl methyl sites for hydroxylation is 2. The molecule has 138 valence electrons. The molecule has 0 saturated carbocycles. The second-order valence-corrected chi connectivity index (χ2v) is 7.02. The number of ether oxygens (including phenoxy) is 1. The van der Waals surface area contributed by atoms with Gasteiger partial charge in [-0.25, -0.2) is 0 Å². The number of rotatable bonds is 4. The van der Waals surface area contributed by atoms with E-state index in [9.17, 15) is 9.90 Å². The van der Waals surface area contributed by atoms with Gasteiger partial charge in [-0.3, -0.25) is 4.79 Å². The smallest absolute Gasteiger partial charge is 0.228 e. The summed E-state index contributed by atoms with van der Waals surface area (Å²) in [6.07, 6.45) is 1.97. The van der Waals surface area contributed by atoms with Crippen molar-refractivity contribution in [3.63, 3.8) is 0 Å². The van der Waals surface area contributed by atoms with Crippen molar-refractivity contribution in [1.29, 1.82) is 0 Å². The molecule has 2 aromatic carbocycles. The summed E-state index contributed by atoms with van der Waals surface area (Å²) >= 11 is 6.23. The molecule has 0 spiro atoms. The minimum Gasteiger partial charge on any atom is -0.508 e. The van der Waals surface area contributed by atoms with Crippen molar-refractivity contribution in [2.45, 2.75) is 32.2 Å². The van der Waals surface area contributed by atoms with Crippen LogP contribution in [-0.4, -0.2) is 24.7 Å². The molecule has 3 rings (SSSR count). The minimum absolute atomic E-state index is 0.0350. The number of phenolic OH excluding ortho intramolecular Hbond substituents is 1. The molecule has 26 heavy (non-hydrogen) atoms. The Morgan fingerprint density at radius 2 is 2.15 bits per heavy atom. The predicted molar refractivity (Wildman–Crippen MR) is 103 cm³/mol. The highest BCUT2D eigenvalue weighted by Crippen LogP contribution is 2.34. The van der Waals surface area contributed by atoms with Crippen LogP contribution in [0.3, 0.4) is 0 Å². The van der Waals surface area contributed by atoms with Crippen LogP contribution in [0.25, 0.3) is 0 Å². The second kappa shape index (κ2) is 7.56. The lowest BCUT2D eigenvalue weighted by molar-refractivity contribution is -0.119. The van der Waals surface area contributed by atoms with Crippen LogP contribution in [0.1, 0.15) is 35.6 Å². The zero-order valence-corrected chi connectivity index (χ0v) is 15.7. The lowest BCUT2D eigenvalue weighted by Crippen LogP contribution is -2.37. The highest BCUT2D eigenvalue weighted by atomic mass is 35.5. The van der Waals surface area contributed by atoms with Crippen LogP contribution < -0.4 is 15.4 Å². The maximum atomic E-state index is 12.9. The van der Waals surface area contributed by atoms with Gasteiger partial charge in [-0.05, 0) is 66.8 Å². The zero-order valence-electron chi connectivity index (χ0n) is 15.0. The average Bonchev–Trinajstić information content (AvgIpc) is 2.59. The van der Waals surface area contributed by atoms with Crippen LogP contribution in [-0.2, 0) is 11.2 Å². The van der Waals surface area contributed by atoms with E-state index in [1.165, 1.54) is 6.07 Å². The molecule has 1 unspecified atom stereocenters. The van der Waals surface area contributed by atoms with Gasteiger partial charge < -0.3 is 20.5 Å². The molecular formula is C20H23ClN2O3. The van der Waals surface area contributed by atoms with Gasteiger partial charge in [0.25, 0.3) is 0 Å². The fourth-order valence-electron chi connectivity index (χ4n) is 3.57. The lowest BCUT2D eigenvalue weighted by atomic mass is 9.97. The molecule has 0 aliphatic carbocycles. The number of aromatic hydroxyl groups is 1. The van der Waals surface area contributed by atoms with Crippen molar-refractivity contribution in [3.8, 4) is 11.5 Å². The SMILES string of the molecule is COc1ccc2c(c1)CCCN2C(=O)CC(N)c1c(C)cc(O)cc1Cl. The van der Waals surface area contributed by atoms with E-state index in [2.05, 4.69) is 0 Å². The summed E-state index contributed by atoms with van der Waals surface area (Å²) in [4.78, 5) is 14.7. The van der Waals surface area contributed by atoms with Gasteiger partial charge in [0.15, 0.2) is 0 Å². The summed E-state index contributed by atoms with van der Waals surface area (Å²) in [5, 5.41) is 10.0. The molecule has 1 aliphatic rings. The van der Waals surface area contributed by atoms with E-state index in [0.29, 0.717) is 17.1 Å². The third-order valence-electron chi connectivity index (χ3n) is 4.79. The number of anilines is 1. The largest absolute Gasteiger partial charge is 0.508 e. The van der Waals surface area contributed by atoms with Crippen molar-refractivity contribution >= 4 is 23.2 Å². The first-order valence-electron chi connectivity index (χ1n) is 8.62. The number of halogens is 1. The quantitative estimate of drug-likeness (QED) is 0.854. The van der Waals surface area contributed by atoms with Crippen molar-refractivity contribution in [2.24, 2.45) is 5.73 Å². The Bertz CT molecular complexity index is 815. The molecule has 0 fully saturated rings. The van der Waals surface area contributed by atoms with Crippen molar-refractivity contribution < 1.29 is 14.6 Å². The summed E-state index contributed by atoms with van der Waals surface area (Å²) in [5.74, 6) is 0.849. The Kier molecular flexibility index (Phi) is 5.39. The normalized spacial score (nSPS) is 14.7. The predicted octanol–water partition coefficient (Wildman–Crippen LogP) is 3.73. The van der Waals surface area contributed by atoms with Gasteiger partial charge >= 0.3 is 0 Å². The number of benzene rings is 2. The first-order chi connectivity index (χ1) is 12.4. The van der Waals surface area contributed by atoms with Crippen molar-refractivity contribution in [2.75, 3.05) is 18.6 Å². The number of hydrogen-bond acceptors (Lipinski definition) is 4. The topological polar surface area (TPSA) is 75.8 Å². The van der Waals surface area contributed by atoms with E-state index in [0.717, 1.165) is 35.4 Å². The standard InChI is InChI=1S/C20H23ClN2O3/c1-12-8-14(24)10-16(21)20(12)17(22)11-19(25)23-7-3-4-13-9-15(26-2)5-6-18(13)23/h5-6,8-10,17,24H,3-4,7,11,22H2,1-2H3. The highest BCUT2D eigenvalue weighted by molar-refractivity contribution is 6.31. The number of amides is 1. The summed E-state index contributed by atoms with van der Waals surface area (Å²) in [7, 11) is 1.64. The molecule has 6 heteroatoms. The number of hydrogen-bond donors (Lipinski definition) is 2. The maximum Gasteiger partial charge on any atom is 0.228 e. The molecule has 2 aromatic rings. The first-order valence-corrected chi connectivity index (χ1v) is 9.00. The lowest BCUT2D eigenvalue weighted by Gasteiger charge is -2.31. The Hall–Kier alpha value is -2.24. The van der Waals surface area contributed by atoms with Crippen LogP contribution in [0.2, 0.25) is 5.02 Å². The summed E-state index contributed by atoms with van der Waals surface area (Å²) < 4.78 is 5.28. The summed E-state index contributed by atoms with van der Waals surface area (Å²) in [5.41, 5.74) is 9.79. The Morgan fingerprint density at radius 1 is 1.38 bits per heavy atom. The van der Waals surface area contributed by atoms with Gasteiger partial charge in [0, 0.05) is 29.7 Å². The molecule has 1 atom stereocenters. The van der Waals surface area contributed by atoms with Crippen LogP contribution in [0.15, 0.2) is 30.3 Å². The molecule has 1 aliphatic heterocycles. The van der Waals surface area contributed by atoms with E-state index >= 15 is 0 Å². The monoisotopic (exact) mass is 374 g/mol. The van der Waals surface area contributed by atoms with E-state index in [4.69, 9.17) is 22.1 Å². The highest BCUT2D eigenvalue weighted by Gasteiger charge is 2.26. The van der Waals surface area contributed by atoms with Gasteiger partial charge in [-0.2, -0.15) is 0 Å². The Labute approximate surface area is 158 Å². The van der Waals surface area contributed by atoms with Crippen LogP contribution in [0.4, 0.5) is 5.69 Å². The Balaban J connectivity index is 1.81. The molecule has 0 bridgehead atoms. The van der Waals surface area contributed by atoms with Crippen LogP contribution >= 0.6 is 11.6 Å². The number of methoxy groups -OCH3 is 1. The van der Waals surface area contributed by atoms with E-state index in [1.54, 1.807) is 18.1 Å². The molecule has 0 radical (unpaired) electrons. The molecular weight excluding hydrogens is 352 g/mol. The molecule has 3 N–H and O–H groups in total. The zero-order chi connectivity index (χ0) is 18.8. The third-order valence-corrected chi connectivity index (χ3v) is 5.11. The fourth-order valence-corrected chi connectivity index (χ4v) is 3.97. The molecule has 0 saturated heterocycles. The first kappa shape index (κ1) is 18.5. The van der Waals surface area contributed by atoms with Crippen LogP contribution in [0.5, 0.6) is 11.5 Å². The molecule has 0 aromatic heterocycles. The molecule has 1 heterocycles. The van der Waals surface area contributed by atoms with E-state index in [1.807, 2.05) is 25.1 Å². The van der Waals surface area contributed by atoms with Crippen LogP contribution in [0, 0.1) is 6.92 Å². The van der Waals surface area contributed by atoms with Gasteiger partial charge in [0.1, 0.15) is 11.5 Å². The molecule has 1 amide bonds. The second-order valence-electron chi connectivity index (χ2n) is 6.61. The van der Waals surface area contributed by atoms with Crippen molar-refractivity contribution in [3.05, 3.63) is 52.0 Å². The number of carbonyl (C=O) groups is 1. The third kappa shape index (κ3) is 3.64. The number of nitrogens with two attached hydrogens (primary N) is 1. The minimum atomic E-state index is -0.528. The number of nitrogens with zero attached hydrogens (tertiary/aromatic N) is 1. The average molecular weight is 375 g/mol. The Morgan fingerprint density at radius 3 is 2.85 bits per heavy atom. The van der Waals surface area contributed by atoms with Crippen molar-refractivity contribution in [1.82, 2.24) is 0 Å². The van der Waals surface area contributed by atoms with Gasteiger partial charge in [-0.1, -0.05) is 11.6 Å². The van der Waals surface area contributed by atoms with Gasteiger partial charge in [0.05, 0.1) is 7.11 Å². The molecule has 5 nitrogen and oxygen atoms in total. The number of fused-ring (bicyclic) bond motifs is 1. The fraction of sp³-hybridized carbons (Fsp3) is 0.350. The summed E-state index contributed by atoms with van der Waals surface area (Å²) in [6, 6.07) is 8.31. The number of carbonyl (C=O) groups excluding carboxylic acids is 1. The van der Waals surface area contributed by atoms with Gasteiger partial charge in [0.2, 0.25) is 5.91 Å². The summed E-state index contributed by atoms with van der Waals surface area (Å²) in [6.45, 7) is 2.50. The van der Waals surface area contributed by atoms with E-state index in [-0.39, 0.29) is 18.1 Å². The number of phenols is 1. The van der Waals surface area contributed by atoms with E-state index < -0.39 is 6.04 Å².